The Kier molecular flexibility index (Phi) is 6.17. The molecule has 2 nitrogen and oxygen atoms in total. The summed E-state index contributed by atoms with van der Waals surface area (Å²) in [6.07, 6.45) is 8.26. The van der Waals surface area contributed by atoms with Gasteiger partial charge in [-0.15, -0.1) is 11.3 Å². The molecule has 1 atom stereocenters. The fraction of sp³-hybridized carbons (Fsp3) is 0.800. The summed E-state index contributed by atoms with van der Waals surface area (Å²) in [5.41, 5.74) is 1.20. The van der Waals surface area contributed by atoms with Crippen LogP contribution in [-0.2, 0) is 6.42 Å². The van der Waals surface area contributed by atoms with E-state index in [1.165, 1.54) is 53.4 Å². The minimum absolute atomic E-state index is 0.567. The van der Waals surface area contributed by atoms with E-state index in [9.17, 15) is 0 Å². The minimum Gasteiger partial charge on any atom is -0.316 e. The molecule has 1 aliphatic carbocycles. The lowest BCUT2D eigenvalue weighted by Gasteiger charge is -2.23. The molecule has 1 saturated carbocycles. The minimum atomic E-state index is 0.567. The maximum absolute atomic E-state index is 4.66. The van der Waals surface area contributed by atoms with Gasteiger partial charge in [0.25, 0.3) is 0 Å². The quantitative estimate of drug-likeness (QED) is 0.860. The molecule has 1 aromatic rings. The summed E-state index contributed by atoms with van der Waals surface area (Å²) in [6, 6.07) is 0.567. The van der Waals surface area contributed by atoms with Crippen LogP contribution in [0.3, 0.4) is 0 Å². The molecule has 1 aliphatic rings. The number of aryl methyl sites for hydroxylation is 2. The number of nitrogens with one attached hydrogen (secondary N) is 1. The SMILES string of the molecule is CNC(CSC1CCCCC1)Cc1nc(C)c(C)s1. The highest BCUT2D eigenvalue weighted by Crippen LogP contribution is 2.29. The molecule has 2 rings (SSSR count). The summed E-state index contributed by atoms with van der Waals surface area (Å²) < 4.78 is 0. The summed E-state index contributed by atoms with van der Waals surface area (Å²) in [5.74, 6) is 1.22. The average Bonchev–Trinajstić information content (AvgIpc) is 2.74. The van der Waals surface area contributed by atoms with Crippen molar-refractivity contribution in [1.29, 1.82) is 0 Å². The monoisotopic (exact) mass is 298 g/mol. The summed E-state index contributed by atoms with van der Waals surface area (Å²) >= 11 is 4.03. The first-order valence-corrected chi connectivity index (χ1v) is 9.27. The smallest absolute Gasteiger partial charge is 0.0946 e. The first kappa shape index (κ1) is 15.3. The number of aromatic nitrogens is 1. The van der Waals surface area contributed by atoms with Crippen molar-refractivity contribution < 1.29 is 0 Å². The number of nitrogens with zero attached hydrogens (tertiary/aromatic N) is 1. The third kappa shape index (κ3) is 4.76. The van der Waals surface area contributed by atoms with Crippen LogP contribution in [0.2, 0.25) is 0 Å². The van der Waals surface area contributed by atoms with E-state index < -0.39 is 0 Å². The van der Waals surface area contributed by atoms with Crippen LogP contribution < -0.4 is 5.32 Å². The lowest BCUT2D eigenvalue weighted by molar-refractivity contribution is 0.514. The molecule has 0 amide bonds. The second-order valence-corrected chi connectivity index (χ2v) is 8.15. The second kappa shape index (κ2) is 7.65. The van der Waals surface area contributed by atoms with Gasteiger partial charge in [0.15, 0.2) is 0 Å². The van der Waals surface area contributed by atoms with Gasteiger partial charge in [0.05, 0.1) is 10.7 Å². The van der Waals surface area contributed by atoms with E-state index in [2.05, 4.69) is 43.0 Å². The van der Waals surface area contributed by atoms with E-state index in [1.54, 1.807) is 0 Å². The zero-order valence-corrected chi connectivity index (χ0v) is 14.0. The maximum atomic E-state index is 4.66. The van der Waals surface area contributed by atoms with Crippen LogP contribution in [0.4, 0.5) is 0 Å². The molecule has 0 spiro atoms. The van der Waals surface area contributed by atoms with Gasteiger partial charge in [0.2, 0.25) is 0 Å². The second-order valence-electron chi connectivity index (χ2n) is 5.53. The molecule has 1 unspecified atom stereocenters. The van der Waals surface area contributed by atoms with Gasteiger partial charge in [-0.05, 0) is 33.7 Å². The molecule has 0 saturated heterocycles. The fourth-order valence-electron chi connectivity index (χ4n) is 2.57. The van der Waals surface area contributed by atoms with Crippen LogP contribution in [0, 0.1) is 13.8 Å². The van der Waals surface area contributed by atoms with Gasteiger partial charge in [-0.2, -0.15) is 11.8 Å². The number of hydrogen-bond donors (Lipinski definition) is 1. The number of hydrogen-bond acceptors (Lipinski definition) is 4. The number of thiazole rings is 1. The van der Waals surface area contributed by atoms with Crippen LogP contribution in [-0.4, -0.2) is 29.1 Å². The van der Waals surface area contributed by atoms with Gasteiger partial charge in [-0.3, -0.25) is 0 Å². The predicted octanol–water partition coefficient (Wildman–Crippen LogP) is 3.96. The maximum Gasteiger partial charge on any atom is 0.0946 e. The molecular formula is C15H26N2S2. The summed E-state index contributed by atoms with van der Waals surface area (Å²) in [6.45, 7) is 4.28. The Bertz CT molecular complexity index is 364. The molecule has 19 heavy (non-hydrogen) atoms. The molecule has 1 N–H and O–H groups in total. The topological polar surface area (TPSA) is 24.9 Å². The molecule has 0 aromatic carbocycles. The highest BCUT2D eigenvalue weighted by atomic mass is 32.2. The number of likely N-dealkylation sites (N-methyl/N-ethyl adjacent to an activating group) is 1. The van der Waals surface area contributed by atoms with Crippen molar-refractivity contribution in [3.05, 3.63) is 15.6 Å². The van der Waals surface area contributed by atoms with Crippen LogP contribution in [0.25, 0.3) is 0 Å². The Morgan fingerprint density at radius 3 is 2.63 bits per heavy atom. The molecule has 1 aromatic heterocycles. The van der Waals surface area contributed by atoms with Gasteiger partial charge in [-0.1, -0.05) is 19.3 Å². The predicted molar refractivity (Wildman–Crippen MR) is 87.5 cm³/mol. The lowest BCUT2D eigenvalue weighted by Crippen LogP contribution is -2.31. The van der Waals surface area contributed by atoms with Crippen LogP contribution in [0.5, 0.6) is 0 Å². The van der Waals surface area contributed by atoms with E-state index in [0.29, 0.717) is 6.04 Å². The van der Waals surface area contributed by atoms with Crippen molar-refractivity contribution in [2.45, 2.75) is 63.7 Å². The number of thioether (sulfide) groups is 1. The van der Waals surface area contributed by atoms with Gasteiger partial charge >= 0.3 is 0 Å². The number of rotatable bonds is 6. The van der Waals surface area contributed by atoms with Crippen molar-refractivity contribution in [2.24, 2.45) is 0 Å². The lowest BCUT2D eigenvalue weighted by atomic mass is 10.0. The molecular weight excluding hydrogens is 272 g/mol. The zero-order valence-electron chi connectivity index (χ0n) is 12.4. The van der Waals surface area contributed by atoms with Gasteiger partial charge < -0.3 is 5.32 Å². The van der Waals surface area contributed by atoms with E-state index in [4.69, 9.17) is 0 Å². The molecule has 0 aliphatic heterocycles. The first-order chi connectivity index (χ1) is 9.19. The van der Waals surface area contributed by atoms with Crippen molar-refractivity contribution in [1.82, 2.24) is 10.3 Å². The molecule has 0 bridgehead atoms. The van der Waals surface area contributed by atoms with E-state index >= 15 is 0 Å². The van der Waals surface area contributed by atoms with E-state index in [1.807, 2.05) is 11.3 Å². The van der Waals surface area contributed by atoms with Crippen molar-refractivity contribution in [3.8, 4) is 0 Å². The largest absolute Gasteiger partial charge is 0.316 e. The Hall–Kier alpha value is -0.0600. The highest BCUT2D eigenvalue weighted by molar-refractivity contribution is 7.99. The third-order valence-corrected chi connectivity index (χ3v) is 6.62. The molecule has 1 heterocycles. The summed E-state index contributed by atoms with van der Waals surface area (Å²) in [7, 11) is 2.08. The van der Waals surface area contributed by atoms with Crippen LogP contribution in [0.15, 0.2) is 0 Å². The van der Waals surface area contributed by atoms with Crippen LogP contribution in [0.1, 0.15) is 47.7 Å². The average molecular weight is 299 g/mol. The van der Waals surface area contributed by atoms with Gasteiger partial charge in [0, 0.05) is 28.3 Å². The zero-order chi connectivity index (χ0) is 13.7. The van der Waals surface area contributed by atoms with Crippen molar-refractivity contribution >= 4 is 23.1 Å². The van der Waals surface area contributed by atoms with E-state index in [0.717, 1.165) is 11.7 Å². The van der Waals surface area contributed by atoms with E-state index in [-0.39, 0.29) is 0 Å². The molecule has 0 radical (unpaired) electrons. The van der Waals surface area contributed by atoms with Gasteiger partial charge in [0.1, 0.15) is 0 Å². The first-order valence-electron chi connectivity index (χ1n) is 7.41. The Morgan fingerprint density at radius 1 is 1.32 bits per heavy atom. The Balaban J connectivity index is 1.79. The Labute approximate surface area is 125 Å². The molecule has 1 fully saturated rings. The summed E-state index contributed by atoms with van der Waals surface area (Å²) in [5, 5.41) is 5.66. The van der Waals surface area contributed by atoms with Gasteiger partial charge in [-0.25, -0.2) is 4.98 Å². The fourth-order valence-corrected chi connectivity index (χ4v) is 5.04. The normalized spacial score (nSPS) is 18.7. The van der Waals surface area contributed by atoms with Crippen molar-refractivity contribution in [2.75, 3.05) is 12.8 Å². The molecule has 4 heteroatoms. The molecule has 108 valence electrons. The third-order valence-electron chi connectivity index (χ3n) is 3.99. The Morgan fingerprint density at radius 2 is 2.05 bits per heavy atom. The standard InChI is InChI=1S/C15H26N2S2/c1-11-12(2)19-15(17-11)9-13(16-3)10-18-14-7-5-4-6-8-14/h13-14,16H,4-10H2,1-3H3. The van der Waals surface area contributed by atoms with Crippen molar-refractivity contribution in [3.63, 3.8) is 0 Å². The van der Waals surface area contributed by atoms with Crippen LogP contribution >= 0.6 is 23.1 Å². The summed E-state index contributed by atoms with van der Waals surface area (Å²) in [4.78, 5) is 6.03. The highest BCUT2D eigenvalue weighted by Gasteiger charge is 2.17.